The number of para-hydroxylation sites is 1. The third-order valence-corrected chi connectivity index (χ3v) is 4.96. The molecule has 5 nitrogen and oxygen atoms in total. The molecule has 4 aromatic rings. The van der Waals surface area contributed by atoms with E-state index in [1.807, 2.05) is 0 Å². The first-order valence-electron chi connectivity index (χ1n) is 8.73. The lowest BCUT2D eigenvalue weighted by atomic mass is 10.1. The number of hydrogen-bond acceptors (Lipinski definition) is 5. The lowest BCUT2D eigenvalue weighted by Crippen LogP contribution is -2.15. The maximum absolute atomic E-state index is 13.0. The van der Waals surface area contributed by atoms with Gasteiger partial charge in [-0.3, -0.25) is 9.59 Å². The minimum Gasteiger partial charge on any atom is -0.454 e. The molecule has 0 saturated carbocycles. The number of rotatable bonds is 4. The van der Waals surface area contributed by atoms with Gasteiger partial charge < -0.3 is 9.73 Å². The van der Waals surface area contributed by atoms with Crippen molar-refractivity contribution in [1.29, 1.82) is 0 Å². The van der Waals surface area contributed by atoms with E-state index in [9.17, 15) is 22.8 Å². The number of fused-ring (bicyclic) bond motifs is 1. The van der Waals surface area contributed by atoms with Crippen molar-refractivity contribution in [3.8, 4) is 11.3 Å². The molecule has 2 aromatic heterocycles. The number of anilines is 1. The van der Waals surface area contributed by atoms with Gasteiger partial charge in [0.2, 0.25) is 5.91 Å². The fourth-order valence-corrected chi connectivity index (χ4v) is 3.51. The van der Waals surface area contributed by atoms with Crippen LogP contribution in [0.3, 0.4) is 0 Å². The molecule has 30 heavy (non-hydrogen) atoms. The molecule has 0 unspecified atom stereocenters. The Morgan fingerprint density at radius 2 is 1.93 bits per heavy atom. The fraction of sp³-hybridized carbons (Fsp3) is 0.0952. The fourth-order valence-electron chi connectivity index (χ4n) is 2.95. The van der Waals surface area contributed by atoms with Crippen molar-refractivity contribution in [3.63, 3.8) is 0 Å². The Bertz CT molecular complexity index is 1280. The van der Waals surface area contributed by atoms with Crippen LogP contribution in [0.25, 0.3) is 22.3 Å². The van der Waals surface area contributed by atoms with Gasteiger partial charge in [0, 0.05) is 17.0 Å². The van der Waals surface area contributed by atoms with Gasteiger partial charge in [-0.2, -0.15) is 13.2 Å². The van der Waals surface area contributed by atoms with Crippen LogP contribution in [0, 0.1) is 0 Å². The topological polar surface area (TPSA) is 72.2 Å². The van der Waals surface area contributed by atoms with Crippen LogP contribution in [0.15, 0.2) is 68.6 Å². The molecule has 0 aliphatic carbocycles. The van der Waals surface area contributed by atoms with Crippen molar-refractivity contribution in [2.45, 2.75) is 12.6 Å². The molecular weight excluding hydrogens is 417 g/mol. The number of carbonyl (C=O) groups is 1. The summed E-state index contributed by atoms with van der Waals surface area (Å²) in [7, 11) is 0. The largest absolute Gasteiger partial charge is 0.454 e. The van der Waals surface area contributed by atoms with Gasteiger partial charge in [-0.05, 0) is 24.3 Å². The first-order chi connectivity index (χ1) is 14.3. The standard InChI is InChI=1S/C21H13F3N2O3S/c22-21(23,24)13-4-1-3-12(7-13)18-9-17(27)15-5-2-6-16(20(15)29-18)26-19(28)8-14-10-30-11-25-14/h1-7,9-11H,8H2,(H,26,28). The highest BCUT2D eigenvalue weighted by Gasteiger charge is 2.30. The summed E-state index contributed by atoms with van der Waals surface area (Å²) >= 11 is 1.36. The van der Waals surface area contributed by atoms with Crippen molar-refractivity contribution >= 4 is 33.9 Å². The van der Waals surface area contributed by atoms with E-state index in [1.54, 1.807) is 23.0 Å². The van der Waals surface area contributed by atoms with E-state index >= 15 is 0 Å². The van der Waals surface area contributed by atoms with Gasteiger partial charge in [0.25, 0.3) is 0 Å². The lowest BCUT2D eigenvalue weighted by Gasteiger charge is -2.11. The monoisotopic (exact) mass is 430 g/mol. The van der Waals surface area contributed by atoms with Crippen molar-refractivity contribution < 1.29 is 22.4 Å². The Labute approximate surface area is 171 Å². The molecule has 0 fully saturated rings. The van der Waals surface area contributed by atoms with Crippen LogP contribution in [0.2, 0.25) is 0 Å². The van der Waals surface area contributed by atoms with Crippen molar-refractivity contribution in [3.05, 3.63) is 80.9 Å². The Kier molecular flexibility index (Phi) is 5.13. The highest BCUT2D eigenvalue weighted by Crippen LogP contribution is 2.33. The number of carbonyl (C=O) groups excluding carboxylic acids is 1. The number of thiazole rings is 1. The maximum Gasteiger partial charge on any atom is 0.416 e. The van der Waals surface area contributed by atoms with Crippen LogP contribution >= 0.6 is 11.3 Å². The normalized spacial score (nSPS) is 11.6. The van der Waals surface area contributed by atoms with E-state index in [0.29, 0.717) is 5.69 Å². The van der Waals surface area contributed by atoms with Crippen LogP contribution in [0.5, 0.6) is 0 Å². The molecule has 2 aromatic carbocycles. The number of amides is 1. The van der Waals surface area contributed by atoms with Gasteiger partial charge >= 0.3 is 6.18 Å². The molecule has 2 heterocycles. The van der Waals surface area contributed by atoms with E-state index in [2.05, 4.69) is 10.3 Å². The van der Waals surface area contributed by atoms with Crippen LogP contribution in [0.4, 0.5) is 18.9 Å². The molecule has 152 valence electrons. The Balaban J connectivity index is 1.75. The summed E-state index contributed by atoms with van der Waals surface area (Å²) in [6.07, 6.45) is -4.49. The second-order valence-corrected chi connectivity index (χ2v) is 7.16. The predicted octanol–water partition coefficient (Wildman–Crippen LogP) is 5.12. The van der Waals surface area contributed by atoms with Crippen LogP contribution < -0.4 is 10.7 Å². The lowest BCUT2D eigenvalue weighted by molar-refractivity contribution is -0.137. The number of aromatic nitrogens is 1. The first-order valence-corrected chi connectivity index (χ1v) is 9.67. The van der Waals surface area contributed by atoms with E-state index < -0.39 is 17.2 Å². The van der Waals surface area contributed by atoms with Crippen molar-refractivity contribution in [1.82, 2.24) is 4.98 Å². The summed E-state index contributed by atoms with van der Waals surface area (Å²) in [5.41, 5.74) is 1.37. The third-order valence-electron chi connectivity index (χ3n) is 4.33. The summed E-state index contributed by atoms with van der Waals surface area (Å²) < 4.78 is 44.9. The SMILES string of the molecule is O=C(Cc1cscn1)Nc1cccc2c(=O)cc(-c3cccc(C(F)(F)F)c3)oc12. The summed E-state index contributed by atoms with van der Waals surface area (Å²) in [4.78, 5) is 28.9. The second-order valence-electron chi connectivity index (χ2n) is 6.44. The van der Waals surface area contributed by atoms with E-state index in [4.69, 9.17) is 4.42 Å². The summed E-state index contributed by atoms with van der Waals surface area (Å²) in [5.74, 6) is -0.389. The van der Waals surface area contributed by atoms with Gasteiger partial charge in [-0.25, -0.2) is 4.98 Å². The van der Waals surface area contributed by atoms with Gasteiger partial charge in [0.05, 0.1) is 34.3 Å². The third kappa shape index (κ3) is 4.11. The van der Waals surface area contributed by atoms with Crippen molar-refractivity contribution in [2.24, 2.45) is 0 Å². The zero-order valence-corrected chi connectivity index (χ0v) is 16.0. The zero-order chi connectivity index (χ0) is 21.3. The van der Waals surface area contributed by atoms with Crippen LogP contribution in [0.1, 0.15) is 11.3 Å². The molecule has 0 bridgehead atoms. The molecule has 0 atom stereocenters. The average molecular weight is 430 g/mol. The van der Waals surface area contributed by atoms with E-state index in [-0.39, 0.29) is 40.3 Å². The number of benzene rings is 2. The second kappa shape index (κ2) is 7.75. The van der Waals surface area contributed by atoms with Crippen LogP contribution in [-0.2, 0) is 17.4 Å². The number of nitrogens with one attached hydrogen (secondary N) is 1. The first kappa shape index (κ1) is 19.8. The summed E-state index contributed by atoms with van der Waals surface area (Å²) in [6, 6.07) is 10.3. The minimum absolute atomic E-state index is 0.0280. The van der Waals surface area contributed by atoms with Gasteiger partial charge in [-0.15, -0.1) is 11.3 Å². The van der Waals surface area contributed by atoms with E-state index in [1.165, 1.54) is 29.5 Å². The molecule has 1 N–H and O–H groups in total. The number of halogens is 3. The molecule has 0 radical (unpaired) electrons. The van der Waals surface area contributed by atoms with E-state index in [0.717, 1.165) is 18.2 Å². The highest BCUT2D eigenvalue weighted by atomic mass is 32.1. The molecule has 9 heteroatoms. The Hall–Kier alpha value is -3.46. The molecule has 0 aliphatic rings. The minimum atomic E-state index is -4.53. The number of hydrogen-bond donors (Lipinski definition) is 1. The molecule has 1 amide bonds. The molecule has 0 spiro atoms. The van der Waals surface area contributed by atoms with Gasteiger partial charge in [-0.1, -0.05) is 18.2 Å². The van der Waals surface area contributed by atoms with Crippen LogP contribution in [-0.4, -0.2) is 10.9 Å². The van der Waals surface area contributed by atoms with Gasteiger partial charge in [0.15, 0.2) is 11.0 Å². The molecule has 0 saturated heterocycles. The smallest absolute Gasteiger partial charge is 0.416 e. The Morgan fingerprint density at radius 1 is 1.13 bits per heavy atom. The predicted molar refractivity (Wildman–Crippen MR) is 107 cm³/mol. The quantitative estimate of drug-likeness (QED) is 0.488. The summed E-state index contributed by atoms with van der Waals surface area (Å²) in [6.45, 7) is 0. The Morgan fingerprint density at radius 3 is 2.67 bits per heavy atom. The summed E-state index contributed by atoms with van der Waals surface area (Å²) in [5, 5.41) is 4.63. The highest BCUT2D eigenvalue weighted by molar-refractivity contribution is 7.07. The molecule has 0 aliphatic heterocycles. The van der Waals surface area contributed by atoms with Crippen molar-refractivity contribution in [2.75, 3.05) is 5.32 Å². The molecule has 4 rings (SSSR count). The molecular formula is C21H13F3N2O3S. The maximum atomic E-state index is 13.0. The number of nitrogens with zero attached hydrogens (tertiary/aromatic N) is 1. The number of alkyl halides is 3. The van der Waals surface area contributed by atoms with Gasteiger partial charge in [0.1, 0.15) is 5.76 Å². The zero-order valence-electron chi connectivity index (χ0n) is 15.2. The average Bonchev–Trinajstić information content (AvgIpc) is 3.21.